The molecule has 0 bridgehead atoms. The third-order valence-electron chi connectivity index (χ3n) is 4.53. The fourth-order valence-corrected chi connectivity index (χ4v) is 4.43. The molecule has 1 atom stereocenters. The number of sulfonamides is 1. The van der Waals surface area contributed by atoms with Gasteiger partial charge in [0.15, 0.2) is 6.61 Å². The number of nitrogens with one attached hydrogen (secondary N) is 1. The van der Waals surface area contributed by atoms with Crippen molar-refractivity contribution < 1.29 is 22.7 Å². The molecule has 166 valence electrons. The number of nitrogens with zero attached hydrogens (tertiary/aromatic N) is 3. The Kier molecular flexibility index (Phi) is 7.12. The van der Waals surface area contributed by atoms with E-state index >= 15 is 0 Å². The van der Waals surface area contributed by atoms with E-state index in [0.29, 0.717) is 16.3 Å². The number of carbonyl (C=O) groups excluding carboxylic acids is 2. The molecule has 0 aliphatic carbocycles. The van der Waals surface area contributed by atoms with Crippen LogP contribution in [0.25, 0.3) is 0 Å². The van der Waals surface area contributed by atoms with Gasteiger partial charge in [0.05, 0.1) is 17.4 Å². The lowest BCUT2D eigenvalue weighted by Gasteiger charge is -2.22. The Morgan fingerprint density at radius 2 is 2.00 bits per heavy atom. The van der Waals surface area contributed by atoms with Crippen LogP contribution in [0.2, 0.25) is 5.02 Å². The summed E-state index contributed by atoms with van der Waals surface area (Å²) in [4.78, 5) is 30.5. The van der Waals surface area contributed by atoms with Crippen LogP contribution in [0.1, 0.15) is 18.9 Å². The van der Waals surface area contributed by atoms with E-state index in [4.69, 9.17) is 21.6 Å². The summed E-state index contributed by atoms with van der Waals surface area (Å²) in [7, 11) is -3.74. The van der Waals surface area contributed by atoms with Crippen molar-refractivity contribution in [2.75, 3.05) is 18.1 Å². The summed E-state index contributed by atoms with van der Waals surface area (Å²) in [6.07, 6.45) is 0.0792. The lowest BCUT2D eigenvalue weighted by atomic mass is 10.2. The van der Waals surface area contributed by atoms with Crippen LogP contribution in [0.15, 0.2) is 58.4 Å². The number of carbonyl (C=O) groups is 2. The molecular weight excluding hydrogens is 456 g/mol. The van der Waals surface area contributed by atoms with Gasteiger partial charge in [-0.3, -0.25) is 14.5 Å². The van der Waals surface area contributed by atoms with Gasteiger partial charge in [0, 0.05) is 22.8 Å². The predicted molar refractivity (Wildman–Crippen MR) is 118 cm³/mol. The number of amidine groups is 1. The van der Waals surface area contributed by atoms with Crippen LogP contribution in [0.3, 0.4) is 0 Å². The van der Waals surface area contributed by atoms with Gasteiger partial charge in [0.25, 0.3) is 15.9 Å². The molecule has 0 radical (unpaired) electrons. The zero-order valence-corrected chi connectivity index (χ0v) is 18.6. The van der Waals surface area contributed by atoms with Gasteiger partial charge < -0.3 is 9.64 Å². The highest BCUT2D eigenvalue weighted by Gasteiger charge is 2.31. The van der Waals surface area contributed by atoms with Crippen molar-refractivity contribution in [3.8, 4) is 6.07 Å². The first-order chi connectivity index (χ1) is 15.2. The van der Waals surface area contributed by atoms with Gasteiger partial charge in [-0.15, -0.1) is 0 Å². The average molecular weight is 475 g/mol. The first kappa shape index (κ1) is 23.2. The van der Waals surface area contributed by atoms with Gasteiger partial charge in [-0.1, -0.05) is 29.8 Å². The Morgan fingerprint density at radius 3 is 2.72 bits per heavy atom. The number of aliphatic imine (C=N–C) groups is 1. The molecule has 1 aliphatic rings. The number of anilines is 1. The van der Waals surface area contributed by atoms with Gasteiger partial charge in [-0.2, -0.15) is 5.26 Å². The van der Waals surface area contributed by atoms with E-state index in [-0.39, 0.29) is 23.7 Å². The molecule has 9 nitrogen and oxygen atoms in total. The fraction of sp³-hybridized carbons (Fsp3) is 0.238. The summed E-state index contributed by atoms with van der Waals surface area (Å²) < 4.78 is 31.7. The molecule has 32 heavy (non-hydrogen) atoms. The minimum Gasteiger partial charge on any atom is -0.454 e. The summed E-state index contributed by atoms with van der Waals surface area (Å²) in [6, 6.07) is 13.7. The van der Waals surface area contributed by atoms with E-state index in [1.54, 1.807) is 42.5 Å². The molecule has 1 N–H and O–H groups in total. The molecule has 0 spiro atoms. The molecule has 1 heterocycles. The van der Waals surface area contributed by atoms with Crippen molar-refractivity contribution in [3.63, 3.8) is 0 Å². The highest BCUT2D eigenvalue weighted by atomic mass is 35.5. The standard InChI is InChI=1S/C21H19ClN4O5S/c1-14(24-20-17-8-2-3-9-18(17)32(29,30)25-20)21(28)31-13-19(27)26(11-5-10-23)16-7-4-6-15(22)12-16/h2-4,6-9,12,14H,5,11,13H2,1H3,(H,24,25). The lowest BCUT2D eigenvalue weighted by molar-refractivity contribution is -0.148. The number of benzene rings is 2. The number of ether oxygens (including phenoxy) is 1. The highest BCUT2D eigenvalue weighted by molar-refractivity contribution is 7.90. The summed E-state index contributed by atoms with van der Waals surface area (Å²) in [5.41, 5.74) is 0.825. The summed E-state index contributed by atoms with van der Waals surface area (Å²) in [5, 5.41) is 9.28. The molecule has 1 unspecified atom stereocenters. The van der Waals surface area contributed by atoms with Crippen LogP contribution in [0.4, 0.5) is 5.69 Å². The van der Waals surface area contributed by atoms with Crippen LogP contribution in [-0.4, -0.2) is 45.3 Å². The van der Waals surface area contributed by atoms with Crippen molar-refractivity contribution in [2.24, 2.45) is 4.99 Å². The Labute approximate surface area is 190 Å². The lowest BCUT2D eigenvalue weighted by Crippen LogP contribution is -2.36. The zero-order chi connectivity index (χ0) is 23.3. The summed E-state index contributed by atoms with van der Waals surface area (Å²) in [5.74, 6) is -1.31. The highest BCUT2D eigenvalue weighted by Crippen LogP contribution is 2.23. The van der Waals surface area contributed by atoms with Crippen molar-refractivity contribution in [2.45, 2.75) is 24.3 Å². The molecule has 2 aromatic rings. The topological polar surface area (TPSA) is 129 Å². The Morgan fingerprint density at radius 1 is 1.25 bits per heavy atom. The van der Waals surface area contributed by atoms with E-state index in [1.807, 2.05) is 6.07 Å². The smallest absolute Gasteiger partial charge is 0.331 e. The van der Waals surface area contributed by atoms with Crippen molar-refractivity contribution in [3.05, 3.63) is 59.1 Å². The molecule has 1 aliphatic heterocycles. The van der Waals surface area contributed by atoms with E-state index < -0.39 is 34.5 Å². The Bertz CT molecular complexity index is 1220. The quantitative estimate of drug-likeness (QED) is 0.613. The zero-order valence-electron chi connectivity index (χ0n) is 17.0. The number of amides is 1. The van der Waals surface area contributed by atoms with Crippen molar-refractivity contribution >= 4 is 45.0 Å². The molecule has 0 fully saturated rings. The van der Waals surface area contributed by atoms with Gasteiger partial charge in [0.2, 0.25) is 0 Å². The van der Waals surface area contributed by atoms with Crippen LogP contribution < -0.4 is 9.62 Å². The molecule has 1 amide bonds. The number of hydrogen-bond acceptors (Lipinski definition) is 7. The normalized spacial score (nSPS) is 15.8. The van der Waals surface area contributed by atoms with Crippen LogP contribution in [0.5, 0.6) is 0 Å². The van der Waals surface area contributed by atoms with E-state index in [9.17, 15) is 18.0 Å². The van der Waals surface area contributed by atoms with Crippen molar-refractivity contribution in [1.82, 2.24) is 4.72 Å². The van der Waals surface area contributed by atoms with Crippen LogP contribution in [-0.2, 0) is 24.3 Å². The average Bonchev–Trinajstić information content (AvgIpc) is 3.02. The molecule has 2 aromatic carbocycles. The second-order valence-electron chi connectivity index (χ2n) is 6.80. The second kappa shape index (κ2) is 9.80. The fourth-order valence-electron chi connectivity index (χ4n) is 3.01. The van der Waals surface area contributed by atoms with Gasteiger partial charge in [0.1, 0.15) is 11.9 Å². The largest absolute Gasteiger partial charge is 0.454 e. The van der Waals surface area contributed by atoms with E-state index in [0.717, 1.165) is 0 Å². The monoisotopic (exact) mass is 474 g/mol. The predicted octanol–water partition coefficient (Wildman–Crippen LogP) is 2.26. The molecule has 0 saturated heterocycles. The molecule has 11 heteroatoms. The minimum atomic E-state index is -3.74. The first-order valence-corrected chi connectivity index (χ1v) is 11.4. The minimum absolute atomic E-state index is 0.0333. The van der Waals surface area contributed by atoms with Gasteiger partial charge in [-0.05, 0) is 37.3 Å². The number of hydrogen-bond donors (Lipinski definition) is 1. The summed E-state index contributed by atoms with van der Waals surface area (Å²) >= 11 is 5.98. The number of fused-ring (bicyclic) bond motifs is 1. The number of halogens is 1. The van der Waals surface area contributed by atoms with Crippen molar-refractivity contribution in [1.29, 1.82) is 5.26 Å². The van der Waals surface area contributed by atoms with Gasteiger partial charge in [-0.25, -0.2) is 13.2 Å². The molecular formula is C21H19ClN4O5S. The third-order valence-corrected chi connectivity index (χ3v) is 6.16. The summed E-state index contributed by atoms with van der Waals surface area (Å²) in [6.45, 7) is 0.956. The van der Waals surface area contributed by atoms with E-state index in [2.05, 4.69) is 9.71 Å². The number of nitriles is 1. The molecule has 0 aromatic heterocycles. The molecule has 0 saturated carbocycles. The number of esters is 1. The SMILES string of the molecule is CC(N=C1NS(=O)(=O)c2ccccc21)C(=O)OCC(=O)N(CCC#N)c1cccc(Cl)c1. The maximum absolute atomic E-state index is 12.6. The first-order valence-electron chi connectivity index (χ1n) is 9.52. The second-order valence-corrected chi connectivity index (χ2v) is 8.88. The maximum atomic E-state index is 12.6. The maximum Gasteiger partial charge on any atom is 0.331 e. The van der Waals surface area contributed by atoms with Crippen LogP contribution >= 0.6 is 11.6 Å². The van der Waals surface area contributed by atoms with Crippen LogP contribution in [0, 0.1) is 11.3 Å². The number of rotatable bonds is 7. The Hall–Kier alpha value is -3.42. The molecule has 3 rings (SSSR count). The van der Waals surface area contributed by atoms with E-state index in [1.165, 1.54) is 17.9 Å². The Balaban J connectivity index is 1.68. The van der Waals surface area contributed by atoms with Gasteiger partial charge >= 0.3 is 5.97 Å². The third kappa shape index (κ3) is 5.25.